The van der Waals surface area contributed by atoms with E-state index < -0.39 is 5.82 Å². The van der Waals surface area contributed by atoms with Crippen molar-refractivity contribution in [1.82, 2.24) is 15.0 Å². The van der Waals surface area contributed by atoms with Crippen LogP contribution in [0, 0.1) is 12.7 Å². The molecule has 2 heterocycles. The van der Waals surface area contributed by atoms with Crippen molar-refractivity contribution in [1.29, 1.82) is 0 Å². The molecule has 0 saturated heterocycles. The van der Waals surface area contributed by atoms with Gasteiger partial charge in [0.15, 0.2) is 5.82 Å². The molecule has 0 aliphatic rings. The van der Waals surface area contributed by atoms with Gasteiger partial charge in [-0.15, -0.1) is 0 Å². The minimum absolute atomic E-state index is 0.0146. The molecule has 0 saturated carbocycles. The van der Waals surface area contributed by atoms with Gasteiger partial charge in [-0.3, -0.25) is 4.98 Å². The van der Waals surface area contributed by atoms with Crippen molar-refractivity contribution in [3.8, 4) is 17.1 Å². The number of nitrogens with two attached hydrogens (primary N) is 2. The predicted octanol–water partition coefficient (Wildman–Crippen LogP) is 3.88. The van der Waals surface area contributed by atoms with E-state index in [1.54, 1.807) is 6.20 Å². The molecule has 0 bridgehead atoms. The van der Waals surface area contributed by atoms with Crippen LogP contribution in [0.2, 0.25) is 0 Å². The van der Waals surface area contributed by atoms with E-state index in [9.17, 15) is 4.39 Å². The fourth-order valence-electron chi connectivity index (χ4n) is 2.91. The van der Waals surface area contributed by atoms with Crippen LogP contribution in [-0.2, 0) is 6.61 Å². The SMILES string of the molecule is Cc1cc(-c2nc(N)c3cc(N)c(F)cc3n2)ccc1OCc1ccccn1. The second-order valence-electron chi connectivity index (χ2n) is 6.41. The number of hydrogen-bond acceptors (Lipinski definition) is 6. The lowest BCUT2D eigenvalue weighted by Crippen LogP contribution is -2.01. The molecular weight excluding hydrogens is 357 g/mol. The molecule has 0 aliphatic heterocycles. The number of benzene rings is 2. The minimum Gasteiger partial charge on any atom is -0.487 e. The van der Waals surface area contributed by atoms with E-state index >= 15 is 0 Å². The molecule has 0 spiro atoms. The van der Waals surface area contributed by atoms with Crippen LogP contribution in [-0.4, -0.2) is 15.0 Å². The van der Waals surface area contributed by atoms with Gasteiger partial charge in [0.25, 0.3) is 0 Å². The molecular formula is C21H18FN5O. The zero-order valence-electron chi connectivity index (χ0n) is 15.2. The maximum atomic E-state index is 13.8. The van der Waals surface area contributed by atoms with Crippen LogP contribution in [0.5, 0.6) is 5.75 Å². The highest BCUT2D eigenvalue weighted by atomic mass is 19.1. The summed E-state index contributed by atoms with van der Waals surface area (Å²) < 4.78 is 19.7. The second-order valence-corrected chi connectivity index (χ2v) is 6.41. The molecule has 4 aromatic rings. The second kappa shape index (κ2) is 7.11. The van der Waals surface area contributed by atoms with Crippen molar-refractivity contribution in [2.75, 3.05) is 11.5 Å². The predicted molar refractivity (Wildman–Crippen MR) is 107 cm³/mol. The molecule has 28 heavy (non-hydrogen) atoms. The number of aromatic nitrogens is 3. The summed E-state index contributed by atoms with van der Waals surface area (Å²) in [5, 5.41) is 0.523. The normalized spacial score (nSPS) is 10.9. The molecule has 7 heteroatoms. The van der Waals surface area contributed by atoms with Gasteiger partial charge >= 0.3 is 0 Å². The Morgan fingerprint density at radius 1 is 1.04 bits per heavy atom. The maximum absolute atomic E-state index is 13.8. The van der Waals surface area contributed by atoms with Crippen molar-refractivity contribution >= 4 is 22.4 Å². The average molecular weight is 375 g/mol. The van der Waals surface area contributed by atoms with Gasteiger partial charge in [0.05, 0.1) is 16.9 Å². The van der Waals surface area contributed by atoms with Crippen molar-refractivity contribution < 1.29 is 9.13 Å². The Morgan fingerprint density at radius 3 is 2.64 bits per heavy atom. The molecule has 4 rings (SSSR count). The van der Waals surface area contributed by atoms with Crippen LogP contribution in [0.1, 0.15) is 11.3 Å². The molecule has 140 valence electrons. The molecule has 0 unspecified atom stereocenters. The van der Waals surface area contributed by atoms with Crippen molar-refractivity contribution in [3.05, 3.63) is 71.8 Å². The third-order valence-electron chi connectivity index (χ3n) is 4.38. The number of halogens is 1. The first kappa shape index (κ1) is 17.7. The third kappa shape index (κ3) is 3.42. The highest BCUT2D eigenvalue weighted by Gasteiger charge is 2.12. The Labute approximate surface area is 161 Å². The van der Waals surface area contributed by atoms with E-state index in [4.69, 9.17) is 16.2 Å². The molecule has 0 radical (unpaired) electrons. The summed E-state index contributed by atoms with van der Waals surface area (Å²) >= 11 is 0. The number of pyridine rings is 1. The van der Waals surface area contributed by atoms with E-state index in [1.807, 2.05) is 43.3 Å². The van der Waals surface area contributed by atoms with Crippen molar-refractivity contribution in [3.63, 3.8) is 0 Å². The van der Waals surface area contributed by atoms with E-state index in [2.05, 4.69) is 15.0 Å². The Kier molecular flexibility index (Phi) is 4.49. The zero-order valence-corrected chi connectivity index (χ0v) is 15.2. The monoisotopic (exact) mass is 375 g/mol. The Bertz CT molecular complexity index is 1160. The van der Waals surface area contributed by atoms with Crippen LogP contribution < -0.4 is 16.2 Å². The Morgan fingerprint density at radius 2 is 1.89 bits per heavy atom. The van der Waals surface area contributed by atoms with Crippen LogP contribution in [0.4, 0.5) is 15.9 Å². The summed E-state index contributed by atoms with van der Waals surface area (Å²) in [7, 11) is 0. The fraction of sp³-hybridized carbons (Fsp3) is 0.0952. The van der Waals surface area contributed by atoms with Gasteiger partial charge in [-0.05, 0) is 48.9 Å². The van der Waals surface area contributed by atoms with Gasteiger partial charge in [0.1, 0.15) is 24.0 Å². The third-order valence-corrected chi connectivity index (χ3v) is 4.38. The van der Waals surface area contributed by atoms with Crippen LogP contribution in [0.15, 0.2) is 54.7 Å². The van der Waals surface area contributed by atoms with E-state index in [1.165, 1.54) is 12.1 Å². The van der Waals surface area contributed by atoms with E-state index in [0.717, 1.165) is 22.6 Å². The lowest BCUT2D eigenvalue weighted by atomic mass is 10.1. The van der Waals surface area contributed by atoms with E-state index in [-0.39, 0.29) is 11.5 Å². The largest absolute Gasteiger partial charge is 0.487 e. The molecule has 0 atom stereocenters. The van der Waals surface area contributed by atoms with Gasteiger partial charge in [-0.1, -0.05) is 6.07 Å². The zero-order chi connectivity index (χ0) is 19.7. The molecule has 2 aromatic heterocycles. The van der Waals surface area contributed by atoms with Gasteiger partial charge in [-0.2, -0.15) is 0 Å². The summed E-state index contributed by atoms with van der Waals surface area (Å²) in [6.45, 7) is 2.31. The highest BCUT2D eigenvalue weighted by molar-refractivity contribution is 5.92. The number of aryl methyl sites for hydroxylation is 1. The number of hydrogen-bond donors (Lipinski definition) is 2. The van der Waals surface area contributed by atoms with Gasteiger partial charge in [-0.25, -0.2) is 14.4 Å². The highest BCUT2D eigenvalue weighted by Crippen LogP contribution is 2.29. The summed E-state index contributed by atoms with van der Waals surface area (Å²) in [5.74, 6) is 0.862. The lowest BCUT2D eigenvalue weighted by Gasteiger charge is -2.11. The average Bonchev–Trinajstić information content (AvgIpc) is 2.69. The summed E-state index contributed by atoms with van der Waals surface area (Å²) in [6.07, 6.45) is 1.73. The quantitative estimate of drug-likeness (QED) is 0.525. The van der Waals surface area contributed by atoms with Crippen molar-refractivity contribution in [2.24, 2.45) is 0 Å². The van der Waals surface area contributed by atoms with E-state index in [0.29, 0.717) is 23.3 Å². The number of anilines is 2. The minimum atomic E-state index is -0.536. The molecule has 0 amide bonds. The van der Waals surface area contributed by atoms with Crippen molar-refractivity contribution in [2.45, 2.75) is 13.5 Å². The molecule has 6 nitrogen and oxygen atoms in total. The first-order chi connectivity index (χ1) is 13.5. The lowest BCUT2D eigenvalue weighted by molar-refractivity contribution is 0.299. The summed E-state index contributed by atoms with van der Waals surface area (Å²) in [4.78, 5) is 13.0. The number of nitrogen functional groups attached to an aromatic ring is 2. The summed E-state index contributed by atoms with van der Waals surface area (Å²) in [5.41, 5.74) is 14.6. The smallest absolute Gasteiger partial charge is 0.162 e. The van der Waals surface area contributed by atoms with Gasteiger partial charge in [0.2, 0.25) is 0 Å². The van der Waals surface area contributed by atoms with Crippen LogP contribution in [0.25, 0.3) is 22.3 Å². The maximum Gasteiger partial charge on any atom is 0.162 e. The van der Waals surface area contributed by atoms with Gasteiger partial charge in [0, 0.05) is 23.2 Å². The Hall–Kier alpha value is -3.74. The molecule has 0 fully saturated rings. The first-order valence-corrected chi connectivity index (χ1v) is 8.67. The first-order valence-electron chi connectivity index (χ1n) is 8.67. The molecule has 0 aliphatic carbocycles. The number of fused-ring (bicyclic) bond motifs is 1. The van der Waals surface area contributed by atoms with Crippen LogP contribution >= 0.6 is 0 Å². The topological polar surface area (TPSA) is 99.9 Å². The Balaban J connectivity index is 1.64. The standard InChI is InChI=1S/C21H18FN5O/c1-12-8-13(5-6-19(12)28-11-14-4-2-3-7-25-14)21-26-18-10-16(22)17(23)9-15(18)20(24)27-21/h2-10H,11,23H2,1H3,(H2,24,26,27). The van der Waals surface area contributed by atoms with Gasteiger partial charge < -0.3 is 16.2 Å². The fourth-order valence-corrected chi connectivity index (χ4v) is 2.91. The summed E-state index contributed by atoms with van der Waals surface area (Å²) in [6, 6.07) is 14.0. The molecule has 4 N–H and O–H groups in total. The number of rotatable bonds is 4. The number of nitrogens with zero attached hydrogens (tertiary/aromatic N) is 3. The number of ether oxygens (including phenoxy) is 1. The van der Waals surface area contributed by atoms with Crippen LogP contribution in [0.3, 0.4) is 0 Å². The molecule has 2 aromatic carbocycles.